The summed E-state index contributed by atoms with van der Waals surface area (Å²) in [5, 5.41) is 6.64. The van der Waals surface area contributed by atoms with Gasteiger partial charge >= 0.3 is 0 Å². The molecule has 6 heteroatoms. The number of hydrogen-bond donors (Lipinski definition) is 1. The van der Waals surface area contributed by atoms with Crippen molar-refractivity contribution in [3.05, 3.63) is 35.2 Å². The third kappa shape index (κ3) is 2.84. The molecule has 2 aromatic rings. The predicted molar refractivity (Wildman–Crippen MR) is 75.5 cm³/mol. The molecule has 1 aliphatic heterocycles. The molecule has 1 aliphatic rings. The van der Waals surface area contributed by atoms with Crippen molar-refractivity contribution in [1.82, 2.24) is 5.16 Å². The van der Waals surface area contributed by atoms with Gasteiger partial charge in [0.1, 0.15) is 11.4 Å². The lowest BCUT2D eigenvalue weighted by atomic mass is 10.1. The van der Waals surface area contributed by atoms with Crippen LogP contribution in [0.15, 0.2) is 22.7 Å². The highest BCUT2D eigenvalue weighted by atomic mass is 16.7. The fourth-order valence-electron chi connectivity index (χ4n) is 2.22. The smallest absolute Gasteiger partial charge is 0.231 e. The fraction of sp³-hybridized carbons (Fsp3) is 0.333. The van der Waals surface area contributed by atoms with Crippen molar-refractivity contribution in [3.8, 4) is 11.5 Å². The first kappa shape index (κ1) is 13.5. The Kier molecular flexibility index (Phi) is 3.51. The van der Waals surface area contributed by atoms with Gasteiger partial charge in [-0.15, -0.1) is 0 Å². The van der Waals surface area contributed by atoms with E-state index in [2.05, 4.69) is 10.5 Å². The van der Waals surface area contributed by atoms with Crippen LogP contribution in [0.1, 0.15) is 23.4 Å². The van der Waals surface area contributed by atoms with Crippen molar-refractivity contribution >= 4 is 11.6 Å². The second kappa shape index (κ2) is 5.47. The van der Waals surface area contributed by atoms with E-state index in [9.17, 15) is 4.79 Å². The topological polar surface area (TPSA) is 73.6 Å². The van der Waals surface area contributed by atoms with Crippen LogP contribution >= 0.6 is 0 Å². The number of rotatable bonds is 4. The summed E-state index contributed by atoms with van der Waals surface area (Å²) >= 11 is 0. The van der Waals surface area contributed by atoms with Gasteiger partial charge in [0.2, 0.25) is 12.7 Å². The van der Waals surface area contributed by atoms with E-state index in [0.717, 1.165) is 17.1 Å². The van der Waals surface area contributed by atoms with Crippen molar-refractivity contribution in [2.45, 2.75) is 26.7 Å². The zero-order chi connectivity index (χ0) is 14.8. The average Bonchev–Trinajstić information content (AvgIpc) is 3.06. The highest BCUT2D eigenvalue weighted by molar-refractivity contribution is 5.91. The number of benzene rings is 1. The Balaban J connectivity index is 1.59. The van der Waals surface area contributed by atoms with Gasteiger partial charge in [-0.25, -0.2) is 0 Å². The Hall–Kier alpha value is -2.50. The number of aryl methyl sites for hydroxylation is 3. The van der Waals surface area contributed by atoms with Gasteiger partial charge in [0.15, 0.2) is 17.3 Å². The summed E-state index contributed by atoms with van der Waals surface area (Å²) in [5.41, 5.74) is 2.38. The zero-order valence-electron chi connectivity index (χ0n) is 11.9. The third-order valence-corrected chi connectivity index (χ3v) is 3.38. The largest absolute Gasteiger partial charge is 0.454 e. The Bertz CT molecular complexity index is 659. The second-order valence-electron chi connectivity index (χ2n) is 4.93. The Morgan fingerprint density at radius 1 is 1.29 bits per heavy atom. The molecule has 0 bridgehead atoms. The van der Waals surface area contributed by atoms with E-state index < -0.39 is 0 Å². The molecule has 110 valence electrons. The van der Waals surface area contributed by atoms with Crippen LogP contribution < -0.4 is 14.8 Å². The van der Waals surface area contributed by atoms with Gasteiger partial charge in [-0.1, -0.05) is 11.2 Å². The minimum absolute atomic E-state index is 0.0675. The molecule has 0 atom stereocenters. The number of aromatic nitrogens is 1. The lowest BCUT2D eigenvalue weighted by molar-refractivity contribution is -0.116. The highest BCUT2D eigenvalue weighted by Crippen LogP contribution is 2.32. The van der Waals surface area contributed by atoms with E-state index in [1.807, 2.05) is 18.2 Å². The van der Waals surface area contributed by atoms with Crippen LogP contribution in [0.4, 0.5) is 5.69 Å². The minimum atomic E-state index is -0.0675. The molecule has 3 rings (SSSR count). The van der Waals surface area contributed by atoms with Crippen LogP contribution in [-0.2, 0) is 11.2 Å². The van der Waals surface area contributed by atoms with Crippen LogP contribution in [0.5, 0.6) is 11.5 Å². The molecular weight excluding hydrogens is 272 g/mol. The molecule has 1 aromatic heterocycles. The first-order valence-corrected chi connectivity index (χ1v) is 6.75. The molecule has 21 heavy (non-hydrogen) atoms. The van der Waals surface area contributed by atoms with Crippen LogP contribution in [0, 0.1) is 13.8 Å². The molecular formula is C15H16N2O4. The maximum absolute atomic E-state index is 12.0. The molecule has 0 aliphatic carbocycles. The SMILES string of the molecule is Cc1noc(C)c1NC(=O)CCc1ccc2c(c1)OCO2. The molecule has 1 aromatic carbocycles. The van der Waals surface area contributed by atoms with E-state index in [1.165, 1.54) is 0 Å². The minimum Gasteiger partial charge on any atom is -0.454 e. The number of hydrogen-bond acceptors (Lipinski definition) is 5. The van der Waals surface area contributed by atoms with E-state index >= 15 is 0 Å². The average molecular weight is 288 g/mol. The number of fused-ring (bicyclic) bond motifs is 1. The van der Waals surface area contributed by atoms with Crippen LogP contribution in [-0.4, -0.2) is 17.9 Å². The van der Waals surface area contributed by atoms with E-state index in [-0.39, 0.29) is 12.7 Å². The van der Waals surface area contributed by atoms with Crippen LogP contribution in [0.3, 0.4) is 0 Å². The van der Waals surface area contributed by atoms with Crippen molar-refractivity contribution in [3.63, 3.8) is 0 Å². The molecule has 0 unspecified atom stereocenters. The van der Waals surface area contributed by atoms with Gasteiger partial charge in [0.25, 0.3) is 0 Å². The summed E-state index contributed by atoms with van der Waals surface area (Å²) in [6, 6.07) is 5.71. The Morgan fingerprint density at radius 2 is 2.10 bits per heavy atom. The molecule has 0 saturated heterocycles. The molecule has 0 radical (unpaired) electrons. The standard InChI is InChI=1S/C15H16N2O4/c1-9-15(10(2)21-17-9)16-14(18)6-4-11-3-5-12-13(7-11)20-8-19-12/h3,5,7H,4,6,8H2,1-2H3,(H,16,18). The van der Waals surface area contributed by atoms with Crippen molar-refractivity contribution in [2.75, 3.05) is 12.1 Å². The molecule has 2 heterocycles. The van der Waals surface area contributed by atoms with Gasteiger partial charge in [-0.3, -0.25) is 4.79 Å². The van der Waals surface area contributed by atoms with Gasteiger partial charge in [-0.2, -0.15) is 0 Å². The van der Waals surface area contributed by atoms with E-state index in [0.29, 0.717) is 30.0 Å². The van der Waals surface area contributed by atoms with Crippen LogP contribution in [0.25, 0.3) is 0 Å². The maximum Gasteiger partial charge on any atom is 0.231 e. The normalized spacial score (nSPS) is 12.5. The van der Waals surface area contributed by atoms with E-state index in [1.54, 1.807) is 13.8 Å². The van der Waals surface area contributed by atoms with E-state index in [4.69, 9.17) is 14.0 Å². The van der Waals surface area contributed by atoms with Crippen molar-refractivity contribution in [2.24, 2.45) is 0 Å². The molecule has 0 saturated carbocycles. The molecule has 1 amide bonds. The maximum atomic E-state index is 12.0. The van der Waals surface area contributed by atoms with Crippen molar-refractivity contribution < 1.29 is 18.8 Å². The number of nitrogens with one attached hydrogen (secondary N) is 1. The number of ether oxygens (including phenoxy) is 2. The van der Waals surface area contributed by atoms with Gasteiger partial charge in [0.05, 0.1) is 0 Å². The number of nitrogens with zero attached hydrogens (tertiary/aromatic N) is 1. The summed E-state index contributed by atoms with van der Waals surface area (Å²) in [5.74, 6) is 2.03. The third-order valence-electron chi connectivity index (χ3n) is 3.38. The van der Waals surface area contributed by atoms with Crippen LogP contribution in [0.2, 0.25) is 0 Å². The molecule has 6 nitrogen and oxygen atoms in total. The summed E-state index contributed by atoms with van der Waals surface area (Å²) < 4.78 is 15.6. The molecule has 0 spiro atoms. The van der Waals surface area contributed by atoms with Crippen molar-refractivity contribution in [1.29, 1.82) is 0 Å². The number of amides is 1. The number of anilines is 1. The summed E-state index contributed by atoms with van der Waals surface area (Å²) in [4.78, 5) is 12.0. The number of carbonyl (C=O) groups is 1. The quantitative estimate of drug-likeness (QED) is 0.936. The van der Waals surface area contributed by atoms with Gasteiger partial charge < -0.3 is 19.3 Å². The fourth-order valence-corrected chi connectivity index (χ4v) is 2.22. The first-order chi connectivity index (χ1) is 10.1. The predicted octanol–water partition coefficient (Wildman–Crippen LogP) is 2.59. The molecule has 0 fully saturated rings. The number of carbonyl (C=O) groups excluding carboxylic acids is 1. The van der Waals surface area contributed by atoms with Gasteiger partial charge in [-0.05, 0) is 38.0 Å². The monoisotopic (exact) mass is 288 g/mol. The lowest BCUT2D eigenvalue weighted by Crippen LogP contribution is -2.13. The summed E-state index contributed by atoms with van der Waals surface area (Å²) in [6.07, 6.45) is 1.01. The zero-order valence-corrected chi connectivity index (χ0v) is 11.9. The first-order valence-electron chi connectivity index (χ1n) is 6.75. The lowest BCUT2D eigenvalue weighted by Gasteiger charge is -2.05. The Morgan fingerprint density at radius 3 is 2.86 bits per heavy atom. The molecule has 1 N–H and O–H groups in total. The second-order valence-corrected chi connectivity index (χ2v) is 4.93. The highest BCUT2D eigenvalue weighted by Gasteiger charge is 2.15. The summed E-state index contributed by atoms with van der Waals surface area (Å²) in [6.45, 7) is 3.82. The summed E-state index contributed by atoms with van der Waals surface area (Å²) in [7, 11) is 0. The van der Waals surface area contributed by atoms with Gasteiger partial charge in [0, 0.05) is 6.42 Å². The Labute approximate surface area is 122 Å².